The summed E-state index contributed by atoms with van der Waals surface area (Å²) in [6.07, 6.45) is 2.09. The molecule has 1 N–H and O–H groups in total. The summed E-state index contributed by atoms with van der Waals surface area (Å²) >= 11 is 3.47. The van der Waals surface area contributed by atoms with Crippen LogP contribution in [0.4, 0.5) is 0 Å². The Balaban J connectivity index is 1.90. The summed E-state index contributed by atoms with van der Waals surface area (Å²) in [5, 5.41) is 3.46. The highest BCUT2D eigenvalue weighted by Gasteiger charge is 2.52. The highest BCUT2D eigenvalue weighted by molar-refractivity contribution is 9.10. The second kappa shape index (κ2) is 6.07. The molecule has 2 aliphatic rings. The molecular weight excluding hydrogens is 334 g/mol. The maximum atomic E-state index is 11.5. The quantitative estimate of drug-likeness (QED) is 0.844. The van der Waals surface area contributed by atoms with Crippen molar-refractivity contribution in [3.05, 3.63) is 34.3 Å². The van der Waals surface area contributed by atoms with Crippen LogP contribution in [0.2, 0.25) is 0 Å². The minimum absolute atomic E-state index is 0.00971. The number of nitrogens with one attached hydrogen (secondary N) is 1. The molecule has 3 rings (SSSR count). The Kier molecular flexibility index (Phi) is 4.33. The first-order valence-corrected chi connectivity index (χ1v) is 8.12. The van der Waals surface area contributed by atoms with Gasteiger partial charge in [0.1, 0.15) is 6.61 Å². The monoisotopic (exact) mass is 353 g/mol. The number of halogens is 1. The molecule has 21 heavy (non-hydrogen) atoms. The van der Waals surface area contributed by atoms with Crippen molar-refractivity contribution < 1.29 is 14.3 Å². The first-order chi connectivity index (χ1) is 10.2. The van der Waals surface area contributed by atoms with Gasteiger partial charge in [0.25, 0.3) is 0 Å². The van der Waals surface area contributed by atoms with Gasteiger partial charge >= 0.3 is 5.97 Å². The second-order valence-corrected chi connectivity index (χ2v) is 6.74. The normalized spacial score (nSPS) is 31.1. The van der Waals surface area contributed by atoms with Crippen LogP contribution in [0.3, 0.4) is 0 Å². The van der Waals surface area contributed by atoms with Gasteiger partial charge in [0.05, 0.1) is 12.7 Å². The summed E-state index contributed by atoms with van der Waals surface area (Å²) in [4.78, 5) is 11.5. The lowest BCUT2D eigenvalue weighted by Gasteiger charge is -2.35. The summed E-state index contributed by atoms with van der Waals surface area (Å²) in [5.41, 5.74) is 0.786. The zero-order valence-electron chi connectivity index (χ0n) is 12.1. The number of esters is 1. The fourth-order valence-electron chi connectivity index (χ4n) is 3.77. The van der Waals surface area contributed by atoms with E-state index in [-0.39, 0.29) is 18.2 Å². The zero-order chi connectivity index (χ0) is 14.9. The van der Waals surface area contributed by atoms with Crippen LogP contribution in [0.25, 0.3) is 0 Å². The standard InChI is InChI=1S/C16H20BrNO3/c1-20-15(19)10-21-16(12-2-4-13(17)5-3-12)7-6-11-8-18-9-14(11)16/h2-5,11,14,18H,6-10H2,1H3. The van der Waals surface area contributed by atoms with E-state index in [0.717, 1.165) is 36.0 Å². The number of hydrogen-bond donors (Lipinski definition) is 1. The molecule has 0 bridgehead atoms. The number of ether oxygens (including phenoxy) is 2. The van der Waals surface area contributed by atoms with Gasteiger partial charge in [-0.15, -0.1) is 0 Å². The van der Waals surface area contributed by atoms with E-state index in [1.165, 1.54) is 7.11 Å². The third kappa shape index (κ3) is 2.74. The number of fused-ring (bicyclic) bond motifs is 1. The minimum Gasteiger partial charge on any atom is -0.467 e. The number of rotatable bonds is 4. The lowest BCUT2D eigenvalue weighted by molar-refractivity contribution is -0.157. The van der Waals surface area contributed by atoms with E-state index in [0.29, 0.717) is 11.8 Å². The van der Waals surface area contributed by atoms with Crippen LogP contribution in [-0.4, -0.2) is 32.8 Å². The summed E-state index contributed by atoms with van der Waals surface area (Å²) < 4.78 is 11.9. The predicted octanol–water partition coefficient (Wildman–Crippen LogP) is 2.46. The molecule has 1 saturated heterocycles. The topological polar surface area (TPSA) is 47.6 Å². The molecule has 3 atom stereocenters. The van der Waals surface area contributed by atoms with E-state index < -0.39 is 0 Å². The van der Waals surface area contributed by atoms with Gasteiger partial charge in [0, 0.05) is 16.9 Å². The third-order valence-electron chi connectivity index (χ3n) is 4.83. The molecule has 4 nitrogen and oxygen atoms in total. The van der Waals surface area contributed by atoms with Crippen molar-refractivity contribution in [2.24, 2.45) is 11.8 Å². The average molecular weight is 354 g/mol. The first kappa shape index (κ1) is 15.0. The SMILES string of the molecule is COC(=O)COC1(c2ccc(Br)cc2)CCC2CNCC21. The first-order valence-electron chi connectivity index (χ1n) is 7.33. The van der Waals surface area contributed by atoms with E-state index in [1.807, 2.05) is 12.1 Å². The van der Waals surface area contributed by atoms with Crippen LogP contribution in [0.5, 0.6) is 0 Å². The summed E-state index contributed by atoms with van der Waals surface area (Å²) in [6.45, 7) is 2.00. The van der Waals surface area contributed by atoms with Gasteiger partial charge in [-0.25, -0.2) is 4.79 Å². The van der Waals surface area contributed by atoms with Crippen LogP contribution < -0.4 is 5.32 Å². The molecule has 1 aliphatic carbocycles. The van der Waals surface area contributed by atoms with Crippen molar-refractivity contribution in [1.82, 2.24) is 5.32 Å². The molecule has 5 heteroatoms. The highest BCUT2D eigenvalue weighted by Crippen LogP contribution is 2.51. The molecule has 0 spiro atoms. The van der Waals surface area contributed by atoms with Crippen molar-refractivity contribution in [2.75, 3.05) is 26.8 Å². The van der Waals surface area contributed by atoms with E-state index in [2.05, 4.69) is 33.4 Å². The molecule has 1 saturated carbocycles. The fraction of sp³-hybridized carbons (Fsp3) is 0.562. The number of hydrogen-bond acceptors (Lipinski definition) is 4. The van der Waals surface area contributed by atoms with E-state index in [4.69, 9.17) is 9.47 Å². The van der Waals surface area contributed by atoms with Gasteiger partial charge in [0.15, 0.2) is 0 Å². The molecule has 1 aromatic rings. The van der Waals surface area contributed by atoms with E-state index >= 15 is 0 Å². The largest absolute Gasteiger partial charge is 0.467 e. The smallest absolute Gasteiger partial charge is 0.331 e. The van der Waals surface area contributed by atoms with Gasteiger partial charge < -0.3 is 14.8 Å². The van der Waals surface area contributed by atoms with Crippen molar-refractivity contribution in [3.63, 3.8) is 0 Å². The van der Waals surface area contributed by atoms with E-state index in [9.17, 15) is 4.79 Å². The van der Waals surface area contributed by atoms with Crippen LogP contribution in [0.15, 0.2) is 28.7 Å². The Labute approximate surface area is 133 Å². The van der Waals surface area contributed by atoms with Gasteiger partial charge in [-0.1, -0.05) is 28.1 Å². The van der Waals surface area contributed by atoms with Crippen molar-refractivity contribution >= 4 is 21.9 Å². The number of benzene rings is 1. The van der Waals surface area contributed by atoms with Crippen LogP contribution in [0.1, 0.15) is 18.4 Å². The van der Waals surface area contributed by atoms with E-state index in [1.54, 1.807) is 0 Å². The van der Waals surface area contributed by atoms with Gasteiger partial charge in [-0.2, -0.15) is 0 Å². The molecule has 1 heterocycles. The molecule has 3 unspecified atom stereocenters. The Bertz CT molecular complexity index is 519. The third-order valence-corrected chi connectivity index (χ3v) is 5.36. The molecule has 0 radical (unpaired) electrons. The molecule has 0 aromatic heterocycles. The highest BCUT2D eigenvalue weighted by atomic mass is 79.9. The number of carbonyl (C=O) groups excluding carboxylic acids is 1. The maximum absolute atomic E-state index is 11.5. The predicted molar refractivity (Wildman–Crippen MR) is 82.9 cm³/mol. The zero-order valence-corrected chi connectivity index (χ0v) is 13.7. The van der Waals surface area contributed by atoms with Crippen LogP contribution in [-0.2, 0) is 19.9 Å². The lowest BCUT2D eigenvalue weighted by atomic mass is 9.82. The minimum atomic E-state index is -0.372. The Morgan fingerprint density at radius 3 is 2.86 bits per heavy atom. The summed E-state index contributed by atoms with van der Waals surface area (Å²) in [7, 11) is 1.40. The summed E-state index contributed by atoms with van der Waals surface area (Å²) in [5.74, 6) is 0.732. The second-order valence-electron chi connectivity index (χ2n) is 5.82. The summed E-state index contributed by atoms with van der Waals surface area (Å²) in [6, 6.07) is 8.27. The van der Waals surface area contributed by atoms with Gasteiger partial charge in [-0.3, -0.25) is 0 Å². The molecular formula is C16H20BrNO3. The van der Waals surface area contributed by atoms with Crippen molar-refractivity contribution in [2.45, 2.75) is 18.4 Å². The van der Waals surface area contributed by atoms with Gasteiger partial charge in [0.2, 0.25) is 0 Å². The Morgan fingerprint density at radius 2 is 2.14 bits per heavy atom. The average Bonchev–Trinajstić information content (AvgIpc) is 3.09. The fourth-order valence-corrected chi connectivity index (χ4v) is 4.03. The number of carbonyl (C=O) groups is 1. The molecule has 1 aromatic carbocycles. The van der Waals surface area contributed by atoms with Crippen LogP contribution in [0, 0.1) is 11.8 Å². The van der Waals surface area contributed by atoms with Crippen LogP contribution >= 0.6 is 15.9 Å². The molecule has 2 fully saturated rings. The number of methoxy groups -OCH3 is 1. The molecule has 114 valence electrons. The molecule has 0 amide bonds. The molecule has 1 aliphatic heterocycles. The van der Waals surface area contributed by atoms with Crippen molar-refractivity contribution in [3.8, 4) is 0 Å². The Morgan fingerprint density at radius 1 is 1.38 bits per heavy atom. The maximum Gasteiger partial charge on any atom is 0.331 e. The Hall–Kier alpha value is -0.910. The lowest BCUT2D eigenvalue weighted by Crippen LogP contribution is -2.38. The van der Waals surface area contributed by atoms with Crippen molar-refractivity contribution in [1.29, 1.82) is 0 Å². The van der Waals surface area contributed by atoms with Gasteiger partial charge in [-0.05, 0) is 43.0 Å².